The molecule has 1 aromatic heterocycles. The first-order valence-electron chi connectivity index (χ1n) is 12.0. The minimum absolute atomic E-state index is 0.194. The number of nitrogens with zero attached hydrogens (tertiary/aromatic N) is 1. The van der Waals surface area contributed by atoms with E-state index in [0.717, 1.165) is 0 Å². The summed E-state index contributed by atoms with van der Waals surface area (Å²) in [6.07, 6.45) is 2.37. The van der Waals surface area contributed by atoms with Crippen molar-refractivity contribution in [1.82, 2.24) is 4.57 Å². The lowest BCUT2D eigenvalue weighted by Crippen LogP contribution is -2.34. The summed E-state index contributed by atoms with van der Waals surface area (Å²) in [5, 5.41) is 3.21. The van der Waals surface area contributed by atoms with E-state index in [1.54, 1.807) is 42.5 Å². The SMILES string of the molecule is COc1cn(C(CCOC(C)(C)C)C(=O)Nc2ccc(C=O)cc2)c(=O)cc1-c1cc(Cl)ccc1C(C)=O. The van der Waals surface area contributed by atoms with Crippen molar-refractivity contribution in [3.8, 4) is 16.9 Å². The molecule has 1 amide bonds. The number of hydrogen-bond acceptors (Lipinski definition) is 6. The van der Waals surface area contributed by atoms with Gasteiger partial charge < -0.3 is 14.8 Å². The molecule has 8 nitrogen and oxygen atoms in total. The number of carbonyl (C=O) groups excluding carboxylic acids is 3. The van der Waals surface area contributed by atoms with Crippen LogP contribution in [-0.4, -0.2) is 41.9 Å². The second-order valence-electron chi connectivity index (χ2n) is 9.74. The third-order valence-corrected chi connectivity index (χ3v) is 6.03. The lowest BCUT2D eigenvalue weighted by molar-refractivity contribution is -0.120. The number of hydrogen-bond donors (Lipinski definition) is 1. The molecule has 0 aliphatic carbocycles. The van der Waals surface area contributed by atoms with Gasteiger partial charge in [-0.15, -0.1) is 0 Å². The van der Waals surface area contributed by atoms with Gasteiger partial charge in [-0.2, -0.15) is 0 Å². The highest BCUT2D eigenvalue weighted by molar-refractivity contribution is 6.31. The van der Waals surface area contributed by atoms with Gasteiger partial charge in [-0.05, 0) is 75.7 Å². The van der Waals surface area contributed by atoms with Crippen molar-refractivity contribution < 1.29 is 23.9 Å². The molecule has 0 aliphatic heterocycles. The van der Waals surface area contributed by atoms with Crippen molar-refractivity contribution in [2.45, 2.75) is 45.8 Å². The number of aromatic nitrogens is 1. The number of ketones is 1. The second kappa shape index (κ2) is 12.2. The number of nitrogens with one attached hydrogen (secondary N) is 1. The van der Waals surface area contributed by atoms with Gasteiger partial charge in [-0.25, -0.2) is 0 Å². The summed E-state index contributed by atoms with van der Waals surface area (Å²) < 4.78 is 12.7. The molecule has 1 atom stereocenters. The number of anilines is 1. The van der Waals surface area contributed by atoms with E-state index in [9.17, 15) is 19.2 Å². The average Bonchev–Trinajstić information content (AvgIpc) is 2.86. The normalized spacial score (nSPS) is 12.1. The highest BCUT2D eigenvalue weighted by Crippen LogP contribution is 2.34. The van der Waals surface area contributed by atoms with Gasteiger partial charge in [0.1, 0.15) is 18.1 Å². The third kappa shape index (κ3) is 7.18. The smallest absolute Gasteiger partial charge is 0.252 e. The Kier molecular flexibility index (Phi) is 9.25. The number of halogens is 1. The Morgan fingerprint density at radius 1 is 1.08 bits per heavy atom. The molecule has 0 fully saturated rings. The summed E-state index contributed by atoms with van der Waals surface area (Å²) in [6.45, 7) is 7.34. The Hall–Kier alpha value is -3.75. The molecule has 38 heavy (non-hydrogen) atoms. The Morgan fingerprint density at radius 2 is 1.76 bits per heavy atom. The summed E-state index contributed by atoms with van der Waals surface area (Å²) in [7, 11) is 1.44. The lowest BCUT2D eigenvalue weighted by Gasteiger charge is -2.24. The van der Waals surface area contributed by atoms with E-state index in [4.69, 9.17) is 21.1 Å². The third-order valence-electron chi connectivity index (χ3n) is 5.79. The average molecular weight is 539 g/mol. The van der Waals surface area contributed by atoms with E-state index in [-0.39, 0.29) is 18.8 Å². The van der Waals surface area contributed by atoms with Crippen LogP contribution in [0.15, 0.2) is 59.5 Å². The minimum Gasteiger partial charge on any atom is -0.495 e. The molecule has 9 heteroatoms. The van der Waals surface area contributed by atoms with Crippen LogP contribution in [0.1, 0.15) is 60.9 Å². The van der Waals surface area contributed by atoms with Gasteiger partial charge in [-0.1, -0.05) is 11.6 Å². The van der Waals surface area contributed by atoms with Gasteiger partial charge in [0.05, 0.1) is 18.9 Å². The summed E-state index contributed by atoms with van der Waals surface area (Å²) in [5.41, 5.74) is 1.27. The van der Waals surface area contributed by atoms with Crippen LogP contribution in [-0.2, 0) is 9.53 Å². The quantitative estimate of drug-likeness (QED) is 0.267. The van der Waals surface area contributed by atoms with Crippen LogP contribution in [0.2, 0.25) is 5.02 Å². The fraction of sp³-hybridized carbons (Fsp3) is 0.310. The first-order valence-corrected chi connectivity index (χ1v) is 12.4. The molecule has 1 N–H and O–H groups in total. The van der Waals surface area contributed by atoms with Gasteiger partial charge in [-0.3, -0.25) is 23.7 Å². The Labute approximate surface area is 226 Å². The molecule has 0 radical (unpaired) electrons. The molecule has 3 aromatic rings. The second-order valence-corrected chi connectivity index (χ2v) is 10.2. The number of carbonyl (C=O) groups is 3. The molecule has 2 aromatic carbocycles. The molecule has 0 spiro atoms. The summed E-state index contributed by atoms with van der Waals surface area (Å²) in [4.78, 5) is 50.1. The van der Waals surface area contributed by atoms with Crippen molar-refractivity contribution in [2.75, 3.05) is 19.0 Å². The lowest BCUT2D eigenvalue weighted by atomic mass is 9.97. The number of benzene rings is 2. The van der Waals surface area contributed by atoms with Crippen molar-refractivity contribution in [3.63, 3.8) is 0 Å². The van der Waals surface area contributed by atoms with E-state index in [0.29, 0.717) is 45.0 Å². The van der Waals surface area contributed by atoms with Crippen LogP contribution in [0.3, 0.4) is 0 Å². The maximum absolute atomic E-state index is 13.4. The molecule has 0 aliphatic rings. The predicted molar refractivity (Wildman–Crippen MR) is 148 cm³/mol. The number of methoxy groups -OCH3 is 1. The molecule has 1 unspecified atom stereocenters. The molecular formula is C29H31ClN2O6. The van der Waals surface area contributed by atoms with Gasteiger partial charge in [0.25, 0.3) is 5.56 Å². The number of rotatable bonds is 10. The van der Waals surface area contributed by atoms with E-state index < -0.39 is 23.1 Å². The van der Waals surface area contributed by atoms with Crippen LogP contribution in [0, 0.1) is 0 Å². The van der Waals surface area contributed by atoms with Crippen LogP contribution >= 0.6 is 11.6 Å². The Bertz CT molecular complexity index is 1390. The Balaban J connectivity index is 2.06. The van der Waals surface area contributed by atoms with Crippen molar-refractivity contribution in [1.29, 1.82) is 0 Å². The number of Topliss-reactive ketones (excluding diaryl/α,β-unsaturated/α-hetero) is 1. The van der Waals surface area contributed by atoms with Crippen LogP contribution in [0.25, 0.3) is 11.1 Å². The van der Waals surface area contributed by atoms with E-state index >= 15 is 0 Å². The largest absolute Gasteiger partial charge is 0.495 e. The van der Waals surface area contributed by atoms with Gasteiger partial charge in [0.15, 0.2) is 5.78 Å². The fourth-order valence-corrected chi connectivity index (χ4v) is 4.11. The van der Waals surface area contributed by atoms with Gasteiger partial charge in [0, 0.05) is 46.5 Å². The number of ether oxygens (including phenoxy) is 2. The summed E-state index contributed by atoms with van der Waals surface area (Å²) >= 11 is 6.20. The van der Waals surface area contributed by atoms with E-state index in [1.165, 1.54) is 30.9 Å². The molecule has 1 heterocycles. The van der Waals surface area contributed by atoms with Crippen molar-refractivity contribution >= 4 is 35.3 Å². The zero-order chi connectivity index (χ0) is 28.0. The minimum atomic E-state index is -0.940. The first-order chi connectivity index (χ1) is 17.9. The highest BCUT2D eigenvalue weighted by atomic mass is 35.5. The van der Waals surface area contributed by atoms with Crippen LogP contribution < -0.4 is 15.6 Å². The summed E-state index contributed by atoms with van der Waals surface area (Å²) in [5.74, 6) is -0.343. The maximum atomic E-state index is 13.4. The van der Waals surface area contributed by atoms with E-state index in [2.05, 4.69) is 5.32 Å². The number of amides is 1. The molecule has 0 saturated heterocycles. The topological polar surface area (TPSA) is 104 Å². The van der Waals surface area contributed by atoms with Crippen LogP contribution in [0.4, 0.5) is 5.69 Å². The van der Waals surface area contributed by atoms with Crippen LogP contribution in [0.5, 0.6) is 5.75 Å². The monoisotopic (exact) mass is 538 g/mol. The molecule has 200 valence electrons. The number of aldehydes is 1. The van der Waals surface area contributed by atoms with Crippen molar-refractivity contribution in [3.05, 3.63) is 81.2 Å². The molecule has 0 bridgehead atoms. The van der Waals surface area contributed by atoms with Gasteiger partial charge in [0.2, 0.25) is 5.91 Å². The molecule has 0 saturated carbocycles. The molecular weight excluding hydrogens is 508 g/mol. The van der Waals surface area contributed by atoms with E-state index in [1.807, 2.05) is 20.8 Å². The molecule has 3 rings (SSSR count). The number of pyridine rings is 1. The first kappa shape index (κ1) is 28.8. The Morgan fingerprint density at radius 3 is 2.34 bits per heavy atom. The van der Waals surface area contributed by atoms with Crippen molar-refractivity contribution in [2.24, 2.45) is 0 Å². The summed E-state index contributed by atoms with van der Waals surface area (Å²) in [6, 6.07) is 11.6. The zero-order valence-corrected chi connectivity index (χ0v) is 22.8. The predicted octanol–water partition coefficient (Wildman–Crippen LogP) is 5.58. The maximum Gasteiger partial charge on any atom is 0.252 e. The van der Waals surface area contributed by atoms with Gasteiger partial charge >= 0.3 is 0 Å². The highest BCUT2D eigenvalue weighted by Gasteiger charge is 2.25. The standard InChI is InChI=1S/C29H31ClN2O6/c1-18(34)22-11-8-20(30)14-23(22)24-15-27(35)32(16-26(24)37-5)25(12-13-38-29(2,3)4)28(36)31-21-9-6-19(17-33)7-10-21/h6-11,14-17,25H,12-13H2,1-5H3,(H,31,36). The fourth-order valence-electron chi connectivity index (χ4n) is 3.94. The zero-order valence-electron chi connectivity index (χ0n) is 22.0.